The monoisotopic (exact) mass is 440 g/mol. The number of thiazole rings is 1. The van der Waals surface area contributed by atoms with Gasteiger partial charge in [0.2, 0.25) is 0 Å². The molecule has 0 fully saturated rings. The van der Waals surface area contributed by atoms with Gasteiger partial charge in [0, 0.05) is 6.54 Å². The Balaban J connectivity index is 1.77. The van der Waals surface area contributed by atoms with Gasteiger partial charge in [-0.25, -0.2) is 4.98 Å². The fourth-order valence-corrected chi connectivity index (χ4v) is 4.98. The van der Waals surface area contributed by atoms with Crippen LogP contribution in [-0.4, -0.2) is 19.9 Å². The summed E-state index contributed by atoms with van der Waals surface area (Å²) in [5.74, 6) is 0.851. The molecule has 0 amide bonds. The number of aryl methyl sites for hydroxylation is 2. The lowest BCUT2D eigenvalue weighted by Crippen LogP contribution is -2.23. The lowest BCUT2D eigenvalue weighted by atomic mass is 10.1. The molecular weight excluding hydrogens is 424 g/mol. The number of nitrogens with zero attached hydrogens (tertiary/aromatic N) is 4. The van der Waals surface area contributed by atoms with E-state index in [0.717, 1.165) is 6.42 Å². The van der Waals surface area contributed by atoms with E-state index in [1.54, 1.807) is 16.9 Å². The summed E-state index contributed by atoms with van der Waals surface area (Å²) in [6.45, 7) is 0.900. The second-order valence-electron chi connectivity index (χ2n) is 6.22. The molecule has 9 heteroatoms. The van der Waals surface area contributed by atoms with Crippen LogP contribution in [0.4, 0.5) is 0 Å². The van der Waals surface area contributed by atoms with E-state index in [-0.39, 0.29) is 17.9 Å². The molecule has 0 aliphatic heterocycles. The van der Waals surface area contributed by atoms with Gasteiger partial charge in [-0.05, 0) is 36.3 Å². The molecule has 0 radical (unpaired) electrons. The van der Waals surface area contributed by atoms with Crippen molar-refractivity contribution in [1.82, 2.24) is 14.1 Å². The van der Waals surface area contributed by atoms with Crippen molar-refractivity contribution in [1.29, 1.82) is 5.26 Å². The first-order valence-electron chi connectivity index (χ1n) is 8.87. The van der Waals surface area contributed by atoms with Crippen molar-refractivity contribution in [2.75, 3.05) is 5.75 Å². The first-order chi connectivity index (χ1) is 14.2. The average molecular weight is 441 g/mol. The summed E-state index contributed by atoms with van der Waals surface area (Å²) in [6, 6.07) is 15.8. The molecule has 0 bridgehead atoms. The first-order valence-corrected chi connectivity index (χ1v) is 11.1. The Hall–Kier alpha value is -2.67. The number of aromatic nitrogens is 3. The van der Waals surface area contributed by atoms with Gasteiger partial charge in [0.1, 0.15) is 10.5 Å². The van der Waals surface area contributed by atoms with Gasteiger partial charge in [-0.3, -0.25) is 9.36 Å². The minimum Gasteiger partial charge on any atom is -0.467 e. The summed E-state index contributed by atoms with van der Waals surface area (Å²) in [5, 5.41) is 9.49. The molecular formula is C20H16N4O2S3. The van der Waals surface area contributed by atoms with Crippen LogP contribution in [-0.2, 0) is 19.5 Å². The largest absolute Gasteiger partial charge is 0.467 e. The van der Waals surface area contributed by atoms with Crippen LogP contribution in [0.3, 0.4) is 0 Å². The van der Waals surface area contributed by atoms with Crippen LogP contribution in [0.1, 0.15) is 11.3 Å². The lowest BCUT2D eigenvalue weighted by Gasteiger charge is -2.11. The third-order valence-electron chi connectivity index (χ3n) is 4.37. The third-order valence-corrected chi connectivity index (χ3v) is 6.64. The van der Waals surface area contributed by atoms with Gasteiger partial charge < -0.3 is 8.98 Å². The number of benzene rings is 1. The molecule has 0 saturated heterocycles. The van der Waals surface area contributed by atoms with Crippen LogP contribution < -0.4 is 5.56 Å². The summed E-state index contributed by atoms with van der Waals surface area (Å²) in [7, 11) is 0. The highest BCUT2D eigenvalue weighted by atomic mass is 32.2. The van der Waals surface area contributed by atoms with Crippen molar-refractivity contribution in [3.8, 4) is 6.07 Å². The number of thioether (sulfide) groups is 1. The zero-order valence-corrected chi connectivity index (χ0v) is 17.7. The summed E-state index contributed by atoms with van der Waals surface area (Å²) in [4.78, 5) is 17.9. The molecule has 0 spiro atoms. The second kappa shape index (κ2) is 8.78. The van der Waals surface area contributed by atoms with E-state index in [1.165, 1.54) is 28.7 Å². The van der Waals surface area contributed by atoms with Crippen LogP contribution in [0, 0.1) is 15.3 Å². The Kier molecular flexibility index (Phi) is 5.94. The van der Waals surface area contributed by atoms with E-state index in [9.17, 15) is 4.79 Å². The standard InChI is InChI=1S/C20H16N4O2S3/c21-9-12-28-19-22-17-16(18(25)24(19)13-15-7-4-11-26-15)29-20(27)23(17)10-8-14-5-2-1-3-6-14/h1-7,11H,8,10,12-13H2. The maximum Gasteiger partial charge on any atom is 0.274 e. The highest BCUT2D eigenvalue weighted by Gasteiger charge is 2.18. The summed E-state index contributed by atoms with van der Waals surface area (Å²) in [5.41, 5.74) is 1.61. The van der Waals surface area contributed by atoms with Crippen molar-refractivity contribution in [3.63, 3.8) is 0 Å². The molecule has 3 heterocycles. The number of hydrogen-bond donors (Lipinski definition) is 0. The number of fused-ring (bicyclic) bond motifs is 1. The zero-order valence-electron chi connectivity index (χ0n) is 15.3. The van der Waals surface area contributed by atoms with Crippen LogP contribution in [0.5, 0.6) is 0 Å². The molecule has 0 aliphatic carbocycles. The molecule has 6 nitrogen and oxygen atoms in total. The number of nitriles is 1. The Morgan fingerprint density at radius 3 is 2.76 bits per heavy atom. The quantitative estimate of drug-likeness (QED) is 0.239. The van der Waals surface area contributed by atoms with Crippen molar-refractivity contribution < 1.29 is 4.42 Å². The minimum absolute atomic E-state index is 0.165. The molecule has 1 aromatic carbocycles. The molecule has 146 valence electrons. The predicted octanol–water partition coefficient (Wildman–Crippen LogP) is 4.49. The van der Waals surface area contributed by atoms with Crippen molar-refractivity contribution in [2.24, 2.45) is 0 Å². The van der Waals surface area contributed by atoms with Gasteiger partial charge in [0.15, 0.2) is 14.8 Å². The Morgan fingerprint density at radius 2 is 2.03 bits per heavy atom. The Bertz CT molecular complexity index is 1280. The van der Waals surface area contributed by atoms with Crippen molar-refractivity contribution in [3.05, 3.63) is 74.4 Å². The lowest BCUT2D eigenvalue weighted by molar-refractivity contribution is 0.476. The van der Waals surface area contributed by atoms with Gasteiger partial charge in [-0.15, -0.1) is 0 Å². The van der Waals surface area contributed by atoms with E-state index >= 15 is 0 Å². The van der Waals surface area contributed by atoms with Crippen LogP contribution >= 0.6 is 35.3 Å². The molecule has 4 rings (SSSR count). The topological polar surface area (TPSA) is 76.8 Å². The maximum absolute atomic E-state index is 13.2. The number of rotatable bonds is 7. The zero-order chi connectivity index (χ0) is 20.2. The van der Waals surface area contributed by atoms with Gasteiger partial charge in [0.05, 0.1) is 24.6 Å². The predicted molar refractivity (Wildman–Crippen MR) is 117 cm³/mol. The maximum atomic E-state index is 13.2. The van der Waals surface area contributed by atoms with Gasteiger partial charge >= 0.3 is 0 Å². The number of furan rings is 1. The second-order valence-corrected chi connectivity index (χ2v) is 8.81. The molecule has 0 unspecified atom stereocenters. The van der Waals surface area contributed by atoms with Gasteiger partial charge in [-0.1, -0.05) is 53.4 Å². The molecule has 0 saturated carbocycles. The van der Waals surface area contributed by atoms with Gasteiger partial charge in [0.25, 0.3) is 5.56 Å². The van der Waals surface area contributed by atoms with Crippen LogP contribution in [0.2, 0.25) is 0 Å². The molecule has 0 N–H and O–H groups in total. The fraction of sp³-hybridized carbons (Fsp3) is 0.200. The average Bonchev–Trinajstić information content (AvgIpc) is 3.36. The van der Waals surface area contributed by atoms with E-state index < -0.39 is 0 Å². The molecule has 0 atom stereocenters. The molecule has 0 aliphatic rings. The Labute approximate surface area is 180 Å². The van der Waals surface area contributed by atoms with Crippen LogP contribution in [0.25, 0.3) is 10.3 Å². The summed E-state index contributed by atoms with van der Waals surface area (Å²) >= 11 is 8.05. The SMILES string of the molecule is N#CCSc1nc2c(sc(=S)n2CCc2ccccc2)c(=O)n1Cc1ccco1. The van der Waals surface area contributed by atoms with E-state index in [0.29, 0.717) is 31.8 Å². The first kappa shape index (κ1) is 19.6. The van der Waals surface area contributed by atoms with Gasteiger partial charge in [-0.2, -0.15) is 5.26 Å². The van der Waals surface area contributed by atoms with E-state index in [2.05, 4.69) is 18.2 Å². The normalized spacial score (nSPS) is 11.0. The highest BCUT2D eigenvalue weighted by Crippen LogP contribution is 2.24. The van der Waals surface area contributed by atoms with Crippen LogP contribution in [0.15, 0.2) is 63.1 Å². The number of hydrogen-bond acceptors (Lipinski definition) is 7. The van der Waals surface area contributed by atoms with Crippen molar-refractivity contribution >= 4 is 45.7 Å². The van der Waals surface area contributed by atoms with E-state index in [4.69, 9.17) is 26.9 Å². The highest BCUT2D eigenvalue weighted by molar-refractivity contribution is 7.99. The molecule has 4 aromatic rings. The third kappa shape index (κ3) is 4.19. The fourth-order valence-electron chi connectivity index (χ4n) is 3.00. The minimum atomic E-state index is -0.165. The van der Waals surface area contributed by atoms with E-state index in [1.807, 2.05) is 28.8 Å². The molecule has 29 heavy (non-hydrogen) atoms. The summed E-state index contributed by atoms with van der Waals surface area (Å²) in [6.07, 6.45) is 2.36. The Morgan fingerprint density at radius 1 is 1.21 bits per heavy atom. The smallest absolute Gasteiger partial charge is 0.274 e. The summed E-state index contributed by atoms with van der Waals surface area (Å²) < 4.78 is 10.0. The van der Waals surface area contributed by atoms with Crippen molar-refractivity contribution in [2.45, 2.75) is 24.7 Å². The molecule has 3 aromatic heterocycles.